The first-order valence-electron chi connectivity index (χ1n) is 11.2. The molecule has 1 fully saturated rings. The number of carbonyl (C=O) groups excluding carboxylic acids is 2. The van der Waals surface area contributed by atoms with Crippen LogP contribution < -0.4 is 0 Å². The first-order chi connectivity index (χ1) is 15.0. The van der Waals surface area contributed by atoms with Gasteiger partial charge in [-0.1, -0.05) is 60.7 Å². The van der Waals surface area contributed by atoms with Crippen LogP contribution >= 0.6 is 0 Å². The molecule has 166 valence electrons. The zero-order valence-corrected chi connectivity index (χ0v) is 18.8. The van der Waals surface area contributed by atoms with Crippen molar-refractivity contribution in [3.8, 4) is 0 Å². The predicted octanol–water partition coefficient (Wildman–Crippen LogP) is 3.67. The van der Waals surface area contributed by atoms with Gasteiger partial charge in [0, 0.05) is 39.2 Å². The second-order valence-electron chi connectivity index (χ2n) is 8.62. The molecule has 2 aromatic carbocycles. The Labute approximate surface area is 186 Å². The highest BCUT2D eigenvalue weighted by Gasteiger charge is 2.35. The lowest BCUT2D eigenvalue weighted by molar-refractivity contribution is -0.142. The summed E-state index contributed by atoms with van der Waals surface area (Å²) in [6.07, 6.45) is 2.12. The Morgan fingerprint density at radius 1 is 0.839 bits per heavy atom. The van der Waals surface area contributed by atoms with Gasteiger partial charge in [-0.05, 0) is 37.8 Å². The standard InChI is InChI=1S/C26H34N2O3/c1-26(2,23-12-7-4-8-13-23)25(30)28-18-16-27(17-19-28)24(29)14-9-20-31-21-15-22-10-5-3-6-11-22/h3-8,10-13H,9,14-21H2,1-2H3. The molecule has 1 aliphatic rings. The van der Waals surface area contributed by atoms with Gasteiger partial charge in [-0.2, -0.15) is 0 Å². The summed E-state index contributed by atoms with van der Waals surface area (Å²) in [6.45, 7) is 7.61. The minimum absolute atomic E-state index is 0.123. The van der Waals surface area contributed by atoms with Gasteiger partial charge in [0.05, 0.1) is 12.0 Å². The van der Waals surface area contributed by atoms with Crippen LogP contribution in [0.1, 0.15) is 37.8 Å². The monoisotopic (exact) mass is 422 g/mol. The average molecular weight is 423 g/mol. The molecule has 0 unspecified atom stereocenters. The second kappa shape index (κ2) is 11.1. The lowest BCUT2D eigenvalue weighted by Crippen LogP contribution is -2.54. The van der Waals surface area contributed by atoms with E-state index in [1.807, 2.05) is 72.2 Å². The molecule has 0 spiro atoms. The minimum atomic E-state index is -0.565. The zero-order valence-electron chi connectivity index (χ0n) is 18.8. The van der Waals surface area contributed by atoms with E-state index in [2.05, 4.69) is 12.1 Å². The number of carbonyl (C=O) groups is 2. The van der Waals surface area contributed by atoms with Crippen molar-refractivity contribution in [2.24, 2.45) is 0 Å². The van der Waals surface area contributed by atoms with E-state index in [9.17, 15) is 9.59 Å². The maximum Gasteiger partial charge on any atom is 0.232 e. The highest BCUT2D eigenvalue weighted by Crippen LogP contribution is 2.26. The van der Waals surface area contributed by atoms with Gasteiger partial charge in [0.1, 0.15) is 0 Å². The second-order valence-corrected chi connectivity index (χ2v) is 8.62. The molecule has 0 N–H and O–H groups in total. The van der Waals surface area contributed by atoms with Crippen LogP contribution in [0.3, 0.4) is 0 Å². The molecular formula is C26H34N2O3. The van der Waals surface area contributed by atoms with Gasteiger partial charge in [0.15, 0.2) is 0 Å². The molecular weight excluding hydrogens is 388 g/mol. The van der Waals surface area contributed by atoms with Crippen LogP contribution in [0.2, 0.25) is 0 Å². The summed E-state index contributed by atoms with van der Waals surface area (Å²) >= 11 is 0. The quantitative estimate of drug-likeness (QED) is 0.580. The van der Waals surface area contributed by atoms with Crippen LogP contribution in [0.15, 0.2) is 60.7 Å². The Kier molecular flexibility index (Phi) is 8.24. The van der Waals surface area contributed by atoms with Crippen LogP contribution in [0.4, 0.5) is 0 Å². The van der Waals surface area contributed by atoms with Crippen molar-refractivity contribution in [3.05, 3.63) is 71.8 Å². The average Bonchev–Trinajstić information content (AvgIpc) is 2.82. The van der Waals surface area contributed by atoms with Crippen LogP contribution in [0.25, 0.3) is 0 Å². The van der Waals surface area contributed by atoms with Crippen molar-refractivity contribution in [1.29, 1.82) is 0 Å². The molecule has 0 atom stereocenters. The first-order valence-corrected chi connectivity index (χ1v) is 11.2. The summed E-state index contributed by atoms with van der Waals surface area (Å²) in [6, 6.07) is 20.2. The zero-order chi connectivity index (χ0) is 22.1. The lowest BCUT2D eigenvalue weighted by Gasteiger charge is -2.38. The summed E-state index contributed by atoms with van der Waals surface area (Å²) in [5, 5.41) is 0. The molecule has 5 nitrogen and oxygen atoms in total. The highest BCUT2D eigenvalue weighted by atomic mass is 16.5. The Hall–Kier alpha value is -2.66. The van der Waals surface area contributed by atoms with E-state index in [0.29, 0.717) is 45.8 Å². The van der Waals surface area contributed by atoms with E-state index >= 15 is 0 Å². The van der Waals surface area contributed by atoms with E-state index in [4.69, 9.17) is 4.74 Å². The molecule has 0 aromatic heterocycles. The SMILES string of the molecule is CC(C)(C(=O)N1CCN(C(=O)CCCOCCc2ccccc2)CC1)c1ccccc1. The molecule has 1 saturated heterocycles. The van der Waals surface area contributed by atoms with E-state index in [1.54, 1.807) is 0 Å². The third-order valence-electron chi connectivity index (χ3n) is 6.01. The van der Waals surface area contributed by atoms with Crippen LogP contribution in [0.5, 0.6) is 0 Å². The van der Waals surface area contributed by atoms with Crippen molar-refractivity contribution in [3.63, 3.8) is 0 Å². The number of rotatable bonds is 9. The van der Waals surface area contributed by atoms with Crippen molar-refractivity contribution in [1.82, 2.24) is 9.80 Å². The van der Waals surface area contributed by atoms with Crippen LogP contribution in [-0.4, -0.2) is 61.0 Å². The van der Waals surface area contributed by atoms with Gasteiger partial charge >= 0.3 is 0 Å². The third-order valence-corrected chi connectivity index (χ3v) is 6.01. The summed E-state index contributed by atoms with van der Waals surface area (Å²) in [4.78, 5) is 29.4. The molecule has 0 bridgehead atoms. The van der Waals surface area contributed by atoms with Crippen molar-refractivity contribution in [2.75, 3.05) is 39.4 Å². The Morgan fingerprint density at radius 3 is 2.06 bits per heavy atom. The van der Waals surface area contributed by atoms with E-state index in [-0.39, 0.29) is 11.8 Å². The number of hydrogen-bond donors (Lipinski definition) is 0. The maximum absolute atomic E-state index is 13.1. The Bertz CT molecular complexity index is 828. The van der Waals surface area contributed by atoms with Crippen molar-refractivity contribution in [2.45, 2.75) is 38.5 Å². The maximum atomic E-state index is 13.1. The Balaban J connectivity index is 1.34. The molecule has 5 heteroatoms. The molecule has 0 saturated carbocycles. The van der Waals surface area contributed by atoms with Gasteiger partial charge < -0.3 is 14.5 Å². The molecule has 0 radical (unpaired) electrons. The fourth-order valence-electron chi connectivity index (χ4n) is 3.95. The molecule has 2 amide bonds. The minimum Gasteiger partial charge on any atom is -0.381 e. The highest BCUT2D eigenvalue weighted by molar-refractivity contribution is 5.87. The smallest absolute Gasteiger partial charge is 0.232 e. The van der Waals surface area contributed by atoms with Gasteiger partial charge in [-0.25, -0.2) is 0 Å². The number of benzene rings is 2. The van der Waals surface area contributed by atoms with Crippen molar-refractivity contribution >= 4 is 11.8 Å². The van der Waals surface area contributed by atoms with Gasteiger partial charge in [0.25, 0.3) is 0 Å². The molecule has 31 heavy (non-hydrogen) atoms. The molecule has 0 aliphatic carbocycles. The van der Waals surface area contributed by atoms with Gasteiger partial charge in [0.2, 0.25) is 11.8 Å². The van der Waals surface area contributed by atoms with E-state index < -0.39 is 5.41 Å². The number of hydrogen-bond acceptors (Lipinski definition) is 3. The topological polar surface area (TPSA) is 49.9 Å². The molecule has 1 heterocycles. The molecule has 2 aromatic rings. The molecule has 1 aliphatic heterocycles. The molecule has 3 rings (SSSR count). The van der Waals surface area contributed by atoms with E-state index in [0.717, 1.165) is 18.4 Å². The summed E-state index contributed by atoms with van der Waals surface area (Å²) < 4.78 is 5.68. The fraction of sp³-hybridized carbons (Fsp3) is 0.462. The van der Waals surface area contributed by atoms with Gasteiger partial charge in [-0.3, -0.25) is 9.59 Å². The van der Waals surface area contributed by atoms with Crippen LogP contribution in [-0.2, 0) is 26.2 Å². The van der Waals surface area contributed by atoms with Gasteiger partial charge in [-0.15, -0.1) is 0 Å². The Morgan fingerprint density at radius 2 is 1.42 bits per heavy atom. The number of amides is 2. The summed E-state index contributed by atoms with van der Waals surface area (Å²) in [7, 11) is 0. The van der Waals surface area contributed by atoms with E-state index in [1.165, 1.54) is 5.56 Å². The summed E-state index contributed by atoms with van der Waals surface area (Å²) in [5.41, 5.74) is 1.72. The number of nitrogens with zero attached hydrogens (tertiary/aromatic N) is 2. The van der Waals surface area contributed by atoms with Crippen LogP contribution in [0, 0.1) is 0 Å². The number of piperazine rings is 1. The lowest BCUT2D eigenvalue weighted by atomic mass is 9.83. The fourth-order valence-corrected chi connectivity index (χ4v) is 3.95. The predicted molar refractivity (Wildman–Crippen MR) is 123 cm³/mol. The number of ether oxygens (including phenoxy) is 1. The van der Waals surface area contributed by atoms with Crippen molar-refractivity contribution < 1.29 is 14.3 Å². The first kappa shape index (κ1) is 23.0. The summed E-state index contributed by atoms with van der Waals surface area (Å²) in [5.74, 6) is 0.277. The normalized spacial score (nSPS) is 14.5. The third kappa shape index (κ3) is 6.41. The largest absolute Gasteiger partial charge is 0.381 e.